The van der Waals surface area contributed by atoms with E-state index in [1.807, 2.05) is 36.1 Å². The molecule has 1 saturated heterocycles. The molecule has 1 N–H and O–H groups in total. The van der Waals surface area contributed by atoms with E-state index in [1.54, 1.807) is 0 Å². The van der Waals surface area contributed by atoms with Crippen molar-refractivity contribution in [1.29, 1.82) is 0 Å². The lowest BCUT2D eigenvalue weighted by molar-refractivity contribution is 0.216. The number of rotatable bonds is 2. The summed E-state index contributed by atoms with van der Waals surface area (Å²) in [5.74, 6) is 0. The third-order valence-corrected chi connectivity index (χ3v) is 3.48. The molecule has 0 unspecified atom stereocenters. The minimum Gasteiger partial charge on any atom is -0.323 e. The van der Waals surface area contributed by atoms with Gasteiger partial charge in [-0.2, -0.15) is 0 Å². The molecule has 18 heavy (non-hydrogen) atoms. The summed E-state index contributed by atoms with van der Waals surface area (Å²) in [6, 6.07) is 8.36. The lowest BCUT2D eigenvalue weighted by Gasteiger charge is -2.20. The number of benzene rings is 1. The zero-order valence-corrected chi connectivity index (χ0v) is 11.3. The van der Waals surface area contributed by atoms with Gasteiger partial charge in [-0.05, 0) is 39.6 Å². The van der Waals surface area contributed by atoms with Crippen molar-refractivity contribution in [1.82, 2.24) is 9.80 Å². The van der Waals surface area contributed by atoms with Crippen LogP contribution in [-0.4, -0.2) is 49.1 Å². The summed E-state index contributed by atoms with van der Waals surface area (Å²) >= 11 is 0. The first kappa shape index (κ1) is 12.9. The van der Waals surface area contributed by atoms with Crippen LogP contribution in [0.4, 0.5) is 10.5 Å². The quantitative estimate of drug-likeness (QED) is 0.869. The third kappa shape index (κ3) is 3.01. The number of urea groups is 1. The number of carbonyl (C=O) groups excluding carboxylic acids is 1. The van der Waals surface area contributed by atoms with Crippen molar-refractivity contribution in [2.24, 2.45) is 0 Å². The zero-order valence-electron chi connectivity index (χ0n) is 11.3. The fraction of sp³-hybridized carbons (Fsp3) is 0.500. The van der Waals surface area contributed by atoms with E-state index in [-0.39, 0.29) is 6.03 Å². The highest BCUT2D eigenvalue weighted by molar-refractivity contribution is 5.89. The van der Waals surface area contributed by atoms with Gasteiger partial charge in [0, 0.05) is 24.8 Å². The number of amides is 2. The van der Waals surface area contributed by atoms with E-state index < -0.39 is 0 Å². The molecule has 2 rings (SSSR count). The molecule has 98 valence electrons. The summed E-state index contributed by atoms with van der Waals surface area (Å²) in [4.78, 5) is 16.1. The summed E-state index contributed by atoms with van der Waals surface area (Å²) in [5.41, 5.74) is 2.06. The Morgan fingerprint density at radius 3 is 2.56 bits per heavy atom. The lowest BCUT2D eigenvalue weighted by Crippen LogP contribution is -2.36. The van der Waals surface area contributed by atoms with Gasteiger partial charge in [-0.15, -0.1) is 0 Å². The fourth-order valence-electron chi connectivity index (χ4n) is 2.19. The Kier molecular flexibility index (Phi) is 3.87. The Morgan fingerprint density at radius 1 is 1.33 bits per heavy atom. The van der Waals surface area contributed by atoms with Crippen LogP contribution >= 0.6 is 0 Å². The second-order valence-corrected chi connectivity index (χ2v) is 5.15. The Bertz CT molecular complexity index is 414. The molecular weight excluding hydrogens is 226 g/mol. The SMILES string of the molecule is Cc1ccc(NC(=O)N2CC[C@@H](N(C)C)C2)cc1. The first-order chi connectivity index (χ1) is 8.56. The predicted molar refractivity (Wildman–Crippen MR) is 73.9 cm³/mol. The van der Waals surface area contributed by atoms with Crippen LogP contribution in [0.2, 0.25) is 0 Å². The number of aryl methyl sites for hydroxylation is 1. The Morgan fingerprint density at radius 2 is 2.00 bits per heavy atom. The molecule has 0 aromatic heterocycles. The van der Waals surface area contributed by atoms with Gasteiger partial charge in [-0.25, -0.2) is 4.79 Å². The number of likely N-dealkylation sites (tertiary alicyclic amines) is 1. The fourth-order valence-corrected chi connectivity index (χ4v) is 2.19. The number of carbonyl (C=O) groups is 1. The van der Waals surface area contributed by atoms with E-state index in [0.717, 1.165) is 25.2 Å². The van der Waals surface area contributed by atoms with Crippen LogP contribution in [0, 0.1) is 6.92 Å². The molecule has 1 fully saturated rings. The van der Waals surface area contributed by atoms with E-state index in [1.165, 1.54) is 5.56 Å². The Balaban J connectivity index is 1.91. The number of likely N-dealkylation sites (N-methyl/N-ethyl adjacent to an activating group) is 1. The van der Waals surface area contributed by atoms with Gasteiger partial charge in [0.05, 0.1) is 0 Å². The minimum absolute atomic E-state index is 0.00297. The van der Waals surface area contributed by atoms with Crippen molar-refractivity contribution in [3.8, 4) is 0 Å². The molecule has 1 aliphatic heterocycles. The molecule has 1 aromatic rings. The van der Waals surface area contributed by atoms with E-state index in [9.17, 15) is 4.79 Å². The number of nitrogens with one attached hydrogen (secondary N) is 1. The molecule has 1 aromatic carbocycles. The number of anilines is 1. The summed E-state index contributed by atoms with van der Waals surface area (Å²) in [5, 5.41) is 2.94. The molecule has 2 amide bonds. The molecule has 0 radical (unpaired) electrons. The average molecular weight is 247 g/mol. The van der Waals surface area contributed by atoms with Crippen molar-refractivity contribution in [3.05, 3.63) is 29.8 Å². The normalized spacial score (nSPS) is 19.3. The van der Waals surface area contributed by atoms with Crippen LogP contribution < -0.4 is 5.32 Å². The van der Waals surface area contributed by atoms with Crippen LogP contribution in [0.5, 0.6) is 0 Å². The van der Waals surface area contributed by atoms with Gasteiger partial charge in [-0.3, -0.25) is 0 Å². The maximum atomic E-state index is 12.1. The van der Waals surface area contributed by atoms with Gasteiger partial charge >= 0.3 is 6.03 Å². The zero-order chi connectivity index (χ0) is 13.1. The maximum Gasteiger partial charge on any atom is 0.321 e. The Hall–Kier alpha value is -1.55. The second kappa shape index (κ2) is 5.40. The van der Waals surface area contributed by atoms with Gasteiger partial charge in [0.1, 0.15) is 0 Å². The first-order valence-electron chi connectivity index (χ1n) is 6.35. The number of nitrogens with zero attached hydrogens (tertiary/aromatic N) is 2. The topological polar surface area (TPSA) is 35.6 Å². The van der Waals surface area contributed by atoms with Crippen LogP contribution in [0.15, 0.2) is 24.3 Å². The summed E-state index contributed by atoms with van der Waals surface area (Å²) in [7, 11) is 4.12. The molecule has 1 atom stereocenters. The van der Waals surface area contributed by atoms with Crippen molar-refractivity contribution < 1.29 is 4.79 Å². The molecule has 4 heteroatoms. The standard InChI is InChI=1S/C14H21N3O/c1-11-4-6-12(7-5-11)15-14(18)17-9-8-13(10-17)16(2)3/h4-7,13H,8-10H2,1-3H3,(H,15,18)/t13-/m1/s1. The van der Waals surface area contributed by atoms with E-state index in [2.05, 4.69) is 24.3 Å². The largest absolute Gasteiger partial charge is 0.323 e. The number of hydrogen-bond acceptors (Lipinski definition) is 2. The third-order valence-electron chi connectivity index (χ3n) is 3.48. The van der Waals surface area contributed by atoms with Gasteiger partial charge in [0.25, 0.3) is 0 Å². The van der Waals surface area contributed by atoms with Gasteiger partial charge in [-0.1, -0.05) is 17.7 Å². The monoisotopic (exact) mass is 247 g/mol. The molecular formula is C14H21N3O. The Labute approximate surface area is 109 Å². The second-order valence-electron chi connectivity index (χ2n) is 5.15. The summed E-state index contributed by atoms with van der Waals surface area (Å²) in [6.45, 7) is 3.68. The van der Waals surface area contributed by atoms with E-state index in [0.29, 0.717) is 6.04 Å². The van der Waals surface area contributed by atoms with Gasteiger partial charge in [0.2, 0.25) is 0 Å². The lowest BCUT2D eigenvalue weighted by atomic mass is 10.2. The average Bonchev–Trinajstić information content (AvgIpc) is 2.81. The minimum atomic E-state index is 0.00297. The molecule has 0 saturated carbocycles. The first-order valence-corrected chi connectivity index (χ1v) is 6.35. The van der Waals surface area contributed by atoms with Gasteiger partial charge < -0.3 is 15.1 Å². The summed E-state index contributed by atoms with van der Waals surface area (Å²) in [6.07, 6.45) is 1.05. The van der Waals surface area contributed by atoms with Crippen molar-refractivity contribution in [3.63, 3.8) is 0 Å². The van der Waals surface area contributed by atoms with Crippen molar-refractivity contribution >= 4 is 11.7 Å². The number of hydrogen-bond donors (Lipinski definition) is 1. The molecule has 1 aliphatic rings. The predicted octanol–water partition coefficient (Wildman–Crippen LogP) is 2.16. The van der Waals surface area contributed by atoms with Crippen LogP contribution in [-0.2, 0) is 0 Å². The highest BCUT2D eigenvalue weighted by atomic mass is 16.2. The molecule has 0 spiro atoms. The highest BCUT2D eigenvalue weighted by Gasteiger charge is 2.27. The van der Waals surface area contributed by atoms with Crippen molar-refractivity contribution in [2.45, 2.75) is 19.4 Å². The maximum absolute atomic E-state index is 12.1. The van der Waals surface area contributed by atoms with Gasteiger partial charge in [0.15, 0.2) is 0 Å². The molecule has 4 nitrogen and oxygen atoms in total. The van der Waals surface area contributed by atoms with Crippen molar-refractivity contribution in [2.75, 3.05) is 32.5 Å². The summed E-state index contributed by atoms with van der Waals surface area (Å²) < 4.78 is 0. The molecule has 1 heterocycles. The van der Waals surface area contributed by atoms with Crippen LogP contribution in [0.3, 0.4) is 0 Å². The highest BCUT2D eigenvalue weighted by Crippen LogP contribution is 2.15. The molecule has 0 aliphatic carbocycles. The van der Waals surface area contributed by atoms with E-state index >= 15 is 0 Å². The molecule has 0 bridgehead atoms. The van der Waals surface area contributed by atoms with Crippen LogP contribution in [0.1, 0.15) is 12.0 Å². The van der Waals surface area contributed by atoms with E-state index in [4.69, 9.17) is 0 Å². The smallest absolute Gasteiger partial charge is 0.321 e. The van der Waals surface area contributed by atoms with Crippen LogP contribution in [0.25, 0.3) is 0 Å².